The molecular weight excluding hydrogens is 644 g/mol. The maximum absolute atomic E-state index is 13.9. The van der Waals surface area contributed by atoms with Gasteiger partial charge in [0.2, 0.25) is 0 Å². The fourth-order valence-electron chi connectivity index (χ4n) is 8.93. The molecule has 4 aliphatic rings. The van der Waals surface area contributed by atoms with Gasteiger partial charge in [0.25, 0.3) is 5.91 Å². The van der Waals surface area contributed by atoms with E-state index in [1.807, 2.05) is 38.2 Å². The Hall–Kier alpha value is -3.01. The maximum atomic E-state index is 13.9. The minimum Gasteiger partial charge on any atom is -0.490 e. The number of anilines is 1. The number of ether oxygens (including phenoxy) is 1. The maximum Gasteiger partial charge on any atom is 0.262 e. The molecule has 3 heterocycles. The van der Waals surface area contributed by atoms with Crippen LogP contribution in [-0.2, 0) is 28.1 Å². The van der Waals surface area contributed by atoms with Crippen LogP contribution < -0.4 is 14.4 Å². The highest BCUT2D eigenvalue weighted by Gasteiger charge is 2.49. The first kappa shape index (κ1) is 33.5. The van der Waals surface area contributed by atoms with Crippen molar-refractivity contribution in [1.29, 1.82) is 0 Å². The summed E-state index contributed by atoms with van der Waals surface area (Å²) < 4.78 is 25.5. The smallest absolute Gasteiger partial charge is 0.262 e. The number of carbonyl (C=O) groups excluding carboxylic acids is 1. The summed E-state index contributed by atoms with van der Waals surface area (Å²) in [6.07, 6.45) is 11.0. The molecule has 0 saturated heterocycles. The Kier molecular flexibility index (Phi) is 8.86. The molecule has 48 heavy (non-hydrogen) atoms. The molecular formula is C38H49ClN4O4S. The lowest BCUT2D eigenvalue weighted by Gasteiger charge is -2.50. The summed E-state index contributed by atoms with van der Waals surface area (Å²) >= 11 is 6.47. The third kappa shape index (κ3) is 6.15. The van der Waals surface area contributed by atoms with Crippen molar-refractivity contribution in [1.82, 2.24) is 14.3 Å². The molecule has 258 valence electrons. The lowest BCUT2D eigenvalue weighted by Crippen LogP contribution is -2.54. The van der Waals surface area contributed by atoms with Crippen LogP contribution in [0.3, 0.4) is 0 Å². The van der Waals surface area contributed by atoms with Gasteiger partial charge in [-0.05, 0) is 124 Å². The molecule has 2 bridgehead atoms. The normalized spacial score (nSPS) is 33.9. The topological polar surface area (TPSA) is 96.7 Å². The predicted octanol–water partition coefficient (Wildman–Crippen LogP) is 6.35. The third-order valence-electron chi connectivity index (χ3n) is 12.2. The number of nitrogens with one attached hydrogen (secondary N) is 1. The Labute approximate surface area is 290 Å². The average molecular weight is 693 g/mol. The van der Waals surface area contributed by atoms with Gasteiger partial charge in [0.05, 0.1) is 34.1 Å². The van der Waals surface area contributed by atoms with Gasteiger partial charge in [-0.1, -0.05) is 31.0 Å². The molecule has 2 aromatic carbocycles. The van der Waals surface area contributed by atoms with Gasteiger partial charge < -0.3 is 19.3 Å². The highest BCUT2D eigenvalue weighted by atomic mass is 35.5. The second-order valence-electron chi connectivity index (χ2n) is 15.2. The minimum absolute atomic E-state index is 0.0417. The van der Waals surface area contributed by atoms with Gasteiger partial charge in [-0.3, -0.25) is 9.52 Å². The van der Waals surface area contributed by atoms with E-state index >= 15 is 0 Å². The van der Waals surface area contributed by atoms with Crippen molar-refractivity contribution in [2.75, 3.05) is 24.6 Å². The van der Waals surface area contributed by atoms with Crippen LogP contribution in [-0.4, -0.2) is 61.2 Å². The van der Waals surface area contributed by atoms with Gasteiger partial charge in [-0.15, -0.1) is 0 Å². The molecule has 10 heteroatoms. The van der Waals surface area contributed by atoms with Crippen LogP contribution >= 0.6 is 11.6 Å². The molecule has 1 aromatic heterocycles. The zero-order chi connectivity index (χ0) is 33.8. The summed E-state index contributed by atoms with van der Waals surface area (Å²) in [5, 5.41) is 13.1. The molecule has 7 atom stereocenters. The van der Waals surface area contributed by atoms with Crippen LogP contribution in [0, 0.1) is 24.7 Å². The summed E-state index contributed by atoms with van der Waals surface area (Å²) in [6, 6.07) is 11.8. The van der Waals surface area contributed by atoms with Crippen LogP contribution in [0.1, 0.15) is 86.1 Å². The minimum atomic E-state index is -2.95. The number of halogens is 1. The molecule has 2 aliphatic heterocycles. The number of aromatic nitrogens is 2. The summed E-state index contributed by atoms with van der Waals surface area (Å²) in [5.74, 6) is 5.68. The zero-order valence-corrected chi connectivity index (χ0v) is 30.0. The number of benzene rings is 2. The van der Waals surface area contributed by atoms with Crippen molar-refractivity contribution < 1.29 is 18.8 Å². The number of nitrogens with zero attached hydrogens (tertiary/aromatic N) is 3. The largest absolute Gasteiger partial charge is 0.490 e. The quantitative estimate of drug-likeness (QED) is 0.304. The Bertz CT molecular complexity index is 1810. The van der Waals surface area contributed by atoms with Crippen molar-refractivity contribution in [3.63, 3.8) is 0 Å². The number of amides is 1. The van der Waals surface area contributed by atoms with Crippen LogP contribution in [0.4, 0.5) is 5.69 Å². The molecule has 2 aliphatic carbocycles. The summed E-state index contributed by atoms with van der Waals surface area (Å²) in [7, 11) is -2.95. The van der Waals surface area contributed by atoms with Crippen molar-refractivity contribution in [3.05, 3.63) is 76.3 Å². The van der Waals surface area contributed by atoms with Gasteiger partial charge in [0.1, 0.15) is 11.6 Å². The monoisotopic (exact) mass is 692 g/mol. The Morgan fingerprint density at radius 2 is 1.98 bits per heavy atom. The van der Waals surface area contributed by atoms with E-state index in [0.29, 0.717) is 25.1 Å². The Balaban J connectivity index is 1.31. The number of aryl methyl sites for hydroxylation is 2. The van der Waals surface area contributed by atoms with Crippen molar-refractivity contribution in [3.8, 4) is 5.75 Å². The van der Waals surface area contributed by atoms with Crippen molar-refractivity contribution >= 4 is 38.8 Å². The van der Waals surface area contributed by atoms with E-state index in [4.69, 9.17) is 16.3 Å². The number of hydrogen-bond acceptors (Lipinski definition) is 6. The van der Waals surface area contributed by atoms with E-state index in [2.05, 4.69) is 44.1 Å². The number of rotatable bonds is 2. The Morgan fingerprint density at radius 3 is 2.73 bits per heavy atom. The van der Waals surface area contributed by atoms with E-state index < -0.39 is 15.3 Å². The van der Waals surface area contributed by atoms with Crippen LogP contribution in [0.25, 0.3) is 0 Å². The number of imidazole rings is 1. The molecule has 3 aromatic rings. The highest BCUT2D eigenvalue weighted by Crippen LogP contribution is 2.49. The highest BCUT2D eigenvalue weighted by molar-refractivity contribution is 7.99. The van der Waals surface area contributed by atoms with E-state index in [1.54, 1.807) is 12.3 Å². The van der Waals surface area contributed by atoms with Crippen molar-refractivity contribution in [2.45, 2.75) is 94.9 Å². The average Bonchev–Trinajstić information content (AvgIpc) is 3.35. The molecule has 1 unspecified atom stereocenters. The first-order chi connectivity index (χ1) is 22.9. The summed E-state index contributed by atoms with van der Waals surface area (Å²) in [6.45, 7) is 8.45. The number of fused-ring (bicyclic) bond motifs is 4. The fourth-order valence-corrected chi connectivity index (χ4v) is 10.6. The zero-order valence-electron chi connectivity index (χ0n) is 28.4. The van der Waals surface area contributed by atoms with E-state index in [9.17, 15) is 14.1 Å². The lowest BCUT2D eigenvalue weighted by molar-refractivity contribution is -0.0995. The Morgan fingerprint density at radius 1 is 1.15 bits per heavy atom. The molecule has 1 spiro atoms. The van der Waals surface area contributed by atoms with Crippen LogP contribution in [0.2, 0.25) is 5.02 Å². The summed E-state index contributed by atoms with van der Waals surface area (Å²) in [5.41, 5.74) is 2.69. The van der Waals surface area contributed by atoms with E-state index in [1.165, 1.54) is 11.1 Å². The van der Waals surface area contributed by atoms with Gasteiger partial charge in [-0.2, -0.15) is 0 Å². The molecule has 1 fully saturated rings. The summed E-state index contributed by atoms with van der Waals surface area (Å²) in [4.78, 5) is 20.6. The SMILES string of the molecule is C=S1(=O)NC(=O)c2ccc3c(c2)N(C[C@@H]2CC[C@H]2[C@](O)(Cn2ccnc2C)CCC[C@H](C)[C@H]1C)C[C@@]1(CCCc2cc(Cl)ccc21)CO3. The standard InChI is InChI=1S/C38H49ClN4O4S/c1-25-7-5-16-38(45,23-42-18-17-40-27(42)3)33-12-9-30(33)21-43-22-37(15-6-8-28-19-31(39)11-13-32(28)37)24-47-35-14-10-29(20-34(35)43)36(44)41-48(4,46)26(25)2/h10-11,13-14,17-20,25-26,30,33,45H,4-9,12,15-16,21-24H2,1-3H3,(H,41,44,46)/t25-,26+,30-,33+,37-,38+,48?/m0/s1. The molecule has 8 nitrogen and oxygen atoms in total. The number of carbonyl (C=O) groups is 1. The molecule has 2 N–H and O–H groups in total. The van der Waals surface area contributed by atoms with Gasteiger partial charge in [0.15, 0.2) is 0 Å². The predicted molar refractivity (Wildman–Crippen MR) is 194 cm³/mol. The molecule has 1 amide bonds. The fraction of sp³-hybridized carbons (Fsp3) is 0.553. The molecule has 7 rings (SSSR count). The van der Waals surface area contributed by atoms with Crippen molar-refractivity contribution in [2.24, 2.45) is 17.8 Å². The molecule has 1 saturated carbocycles. The van der Waals surface area contributed by atoms with Crippen LogP contribution in [0.5, 0.6) is 5.75 Å². The first-order valence-corrected chi connectivity index (χ1v) is 19.7. The van der Waals surface area contributed by atoms with E-state index in [-0.39, 0.29) is 34.3 Å². The number of hydrogen-bond donors (Lipinski definition) is 2. The first-order valence-electron chi connectivity index (χ1n) is 17.6. The number of aliphatic hydroxyl groups is 1. The van der Waals surface area contributed by atoms with Crippen LogP contribution in [0.15, 0.2) is 48.8 Å². The van der Waals surface area contributed by atoms with E-state index in [0.717, 1.165) is 80.3 Å². The third-order valence-corrected chi connectivity index (χ3v) is 14.6. The second kappa shape index (κ2) is 12.7. The second-order valence-corrected chi connectivity index (χ2v) is 18.0. The van der Waals surface area contributed by atoms with Gasteiger partial charge in [-0.25, -0.2) is 9.19 Å². The molecule has 0 radical (unpaired) electrons. The van der Waals surface area contributed by atoms with Gasteiger partial charge >= 0.3 is 0 Å². The van der Waals surface area contributed by atoms with Gasteiger partial charge in [0, 0.05) is 46.7 Å². The lowest BCUT2D eigenvalue weighted by atomic mass is 9.62.